The zero-order chi connectivity index (χ0) is 10.4. The number of rotatable bonds is 3. The summed E-state index contributed by atoms with van der Waals surface area (Å²) in [5, 5.41) is 10.1. The molecule has 0 amide bonds. The van der Waals surface area contributed by atoms with Crippen molar-refractivity contribution in [1.29, 1.82) is 0 Å². The van der Waals surface area contributed by atoms with Gasteiger partial charge in [0.1, 0.15) is 0 Å². The molecule has 1 fully saturated rings. The highest BCUT2D eigenvalue weighted by Gasteiger charge is 2.67. The molecule has 2 atom stereocenters. The predicted molar refractivity (Wildman–Crippen MR) is 56.5 cm³/mol. The summed E-state index contributed by atoms with van der Waals surface area (Å²) < 4.78 is 0. The van der Waals surface area contributed by atoms with Crippen LogP contribution in [0.4, 0.5) is 0 Å². The minimum absolute atomic E-state index is 0.116. The summed E-state index contributed by atoms with van der Waals surface area (Å²) in [5.74, 6) is 0.918. The molecular formula is C12H24O. The van der Waals surface area contributed by atoms with Gasteiger partial charge in [0.15, 0.2) is 0 Å². The SMILES string of the molecule is CCC(C)C(O)C1C(C)(C)C1(C)C. The summed E-state index contributed by atoms with van der Waals surface area (Å²) in [6.45, 7) is 13.4. The second-order valence-corrected chi connectivity index (χ2v) is 5.80. The predicted octanol–water partition coefficient (Wildman–Crippen LogP) is 3.08. The molecule has 0 aromatic rings. The number of hydrogen-bond acceptors (Lipinski definition) is 1. The van der Waals surface area contributed by atoms with Gasteiger partial charge in [-0.15, -0.1) is 0 Å². The Hall–Kier alpha value is -0.0400. The van der Waals surface area contributed by atoms with Crippen LogP contribution in [0.1, 0.15) is 48.0 Å². The monoisotopic (exact) mass is 184 g/mol. The molecule has 1 heteroatoms. The smallest absolute Gasteiger partial charge is 0.0604 e. The van der Waals surface area contributed by atoms with E-state index in [4.69, 9.17) is 0 Å². The van der Waals surface area contributed by atoms with Crippen LogP contribution >= 0.6 is 0 Å². The van der Waals surface area contributed by atoms with Crippen LogP contribution < -0.4 is 0 Å². The molecule has 0 radical (unpaired) electrons. The molecule has 0 bridgehead atoms. The second kappa shape index (κ2) is 2.98. The largest absolute Gasteiger partial charge is 0.393 e. The van der Waals surface area contributed by atoms with Crippen LogP contribution in [0.15, 0.2) is 0 Å². The lowest BCUT2D eigenvalue weighted by atomic mass is 9.93. The fourth-order valence-corrected chi connectivity index (χ4v) is 2.67. The third-order valence-corrected chi connectivity index (χ3v) is 4.70. The summed E-state index contributed by atoms with van der Waals surface area (Å²) in [6, 6.07) is 0. The maximum Gasteiger partial charge on any atom is 0.0604 e. The van der Waals surface area contributed by atoms with E-state index in [1.807, 2.05) is 0 Å². The molecule has 2 unspecified atom stereocenters. The Kier molecular flexibility index (Phi) is 2.53. The summed E-state index contributed by atoms with van der Waals surface area (Å²) in [6.07, 6.45) is 0.957. The molecule has 1 aliphatic rings. The number of hydrogen-bond donors (Lipinski definition) is 1. The van der Waals surface area contributed by atoms with Gasteiger partial charge in [-0.05, 0) is 22.7 Å². The summed E-state index contributed by atoms with van der Waals surface area (Å²) in [7, 11) is 0. The molecule has 0 spiro atoms. The van der Waals surface area contributed by atoms with Gasteiger partial charge in [0.25, 0.3) is 0 Å². The minimum atomic E-state index is -0.116. The van der Waals surface area contributed by atoms with Crippen molar-refractivity contribution in [1.82, 2.24) is 0 Å². The quantitative estimate of drug-likeness (QED) is 0.714. The van der Waals surface area contributed by atoms with E-state index in [2.05, 4.69) is 41.5 Å². The molecule has 0 heterocycles. The van der Waals surface area contributed by atoms with Crippen molar-refractivity contribution in [3.63, 3.8) is 0 Å². The highest BCUT2D eigenvalue weighted by molar-refractivity contribution is 5.15. The third-order valence-electron chi connectivity index (χ3n) is 4.70. The van der Waals surface area contributed by atoms with Crippen LogP contribution in [0, 0.1) is 22.7 Å². The van der Waals surface area contributed by atoms with Gasteiger partial charge in [0.05, 0.1) is 6.10 Å². The van der Waals surface area contributed by atoms with Crippen LogP contribution in [-0.2, 0) is 0 Å². The van der Waals surface area contributed by atoms with Crippen LogP contribution in [0.25, 0.3) is 0 Å². The van der Waals surface area contributed by atoms with E-state index in [-0.39, 0.29) is 6.10 Å². The lowest BCUT2D eigenvalue weighted by molar-refractivity contribution is 0.0744. The van der Waals surface area contributed by atoms with Crippen LogP contribution in [0.2, 0.25) is 0 Å². The third kappa shape index (κ3) is 1.41. The molecule has 1 aliphatic carbocycles. The van der Waals surface area contributed by atoms with Gasteiger partial charge >= 0.3 is 0 Å². The molecule has 1 nitrogen and oxygen atoms in total. The first-order valence-electron chi connectivity index (χ1n) is 5.44. The van der Waals surface area contributed by atoms with Crippen LogP contribution in [-0.4, -0.2) is 11.2 Å². The van der Waals surface area contributed by atoms with Gasteiger partial charge in [-0.25, -0.2) is 0 Å². The number of aliphatic hydroxyl groups is 1. The molecule has 0 aliphatic heterocycles. The van der Waals surface area contributed by atoms with Gasteiger partial charge in [-0.3, -0.25) is 0 Å². The highest BCUT2D eigenvalue weighted by Crippen LogP contribution is 2.70. The first-order valence-corrected chi connectivity index (χ1v) is 5.44. The molecular weight excluding hydrogens is 160 g/mol. The average Bonchev–Trinajstić information content (AvgIpc) is 2.41. The zero-order valence-electron chi connectivity index (χ0n) is 9.89. The first-order chi connectivity index (χ1) is 5.76. The summed E-state index contributed by atoms with van der Waals surface area (Å²) in [4.78, 5) is 0. The normalized spacial score (nSPS) is 29.8. The molecule has 1 N–H and O–H groups in total. The maximum absolute atomic E-state index is 10.1. The van der Waals surface area contributed by atoms with Crippen LogP contribution in [0.5, 0.6) is 0 Å². The van der Waals surface area contributed by atoms with Crippen molar-refractivity contribution in [2.45, 2.75) is 54.1 Å². The van der Waals surface area contributed by atoms with Crippen molar-refractivity contribution in [3.05, 3.63) is 0 Å². The average molecular weight is 184 g/mol. The number of aliphatic hydroxyl groups excluding tert-OH is 1. The van der Waals surface area contributed by atoms with Gasteiger partial charge in [0, 0.05) is 0 Å². The van der Waals surface area contributed by atoms with Gasteiger partial charge < -0.3 is 5.11 Å². The highest BCUT2D eigenvalue weighted by atomic mass is 16.3. The van der Waals surface area contributed by atoms with Gasteiger partial charge in [0.2, 0.25) is 0 Å². The molecule has 1 saturated carbocycles. The lowest BCUT2D eigenvalue weighted by Gasteiger charge is -2.19. The fraction of sp³-hybridized carbons (Fsp3) is 1.00. The van der Waals surface area contributed by atoms with E-state index in [9.17, 15) is 5.11 Å². The van der Waals surface area contributed by atoms with E-state index >= 15 is 0 Å². The Morgan fingerprint density at radius 3 is 1.77 bits per heavy atom. The molecule has 0 aromatic heterocycles. The second-order valence-electron chi connectivity index (χ2n) is 5.80. The maximum atomic E-state index is 10.1. The van der Waals surface area contributed by atoms with Crippen molar-refractivity contribution in [2.24, 2.45) is 22.7 Å². The molecule has 78 valence electrons. The van der Waals surface area contributed by atoms with Crippen molar-refractivity contribution in [3.8, 4) is 0 Å². The Balaban J connectivity index is 2.67. The lowest BCUT2D eigenvalue weighted by Crippen LogP contribution is -2.22. The van der Waals surface area contributed by atoms with Gasteiger partial charge in [-0.1, -0.05) is 48.0 Å². The Morgan fingerprint density at radius 2 is 1.54 bits per heavy atom. The van der Waals surface area contributed by atoms with E-state index in [1.165, 1.54) is 0 Å². The Bertz CT molecular complexity index is 179. The van der Waals surface area contributed by atoms with E-state index in [0.717, 1.165) is 6.42 Å². The fourth-order valence-electron chi connectivity index (χ4n) is 2.67. The molecule has 0 aromatic carbocycles. The van der Waals surface area contributed by atoms with E-state index in [1.54, 1.807) is 0 Å². The van der Waals surface area contributed by atoms with E-state index < -0.39 is 0 Å². The van der Waals surface area contributed by atoms with Crippen molar-refractivity contribution in [2.75, 3.05) is 0 Å². The Morgan fingerprint density at radius 1 is 1.15 bits per heavy atom. The summed E-state index contributed by atoms with van der Waals surface area (Å²) >= 11 is 0. The first kappa shape index (κ1) is 11.0. The summed E-state index contributed by atoms with van der Waals surface area (Å²) in [5.41, 5.74) is 0.631. The van der Waals surface area contributed by atoms with Crippen molar-refractivity contribution < 1.29 is 5.11 Å². The van der Waals surface area contributed by atoms with Crippen molar-refractivity contribution >= 4 is 0 Å². The molecule has 0 saturated heterocycles. The van der Waals surface area contributed by atoms with Crippen LogP contribution in [0.3, 0.4) is 0 Å². The minimum Gasteiger partial charge on any atom is -0.393 e. The topological polar surface area (TPSA) is 20.2 Å². The van der Waals surface area contributed by atoms with E-state index in [0.29, 0.717) is 22.7 Å². The molecule has 1 rings (SSSR count). The Labute approximate surface area is 82.5 Å². The zero-order valence-corrected chi connectivity index (χ0v) is 9.89. The standard InChI is InChI=1S/C12H24O/c1-7-8(2)9(13)10-11(3,4)12(10,5)6/h8-10,13H,7H2,1-6H3. The van der Waals surface area contributed by atoms with Gasteiger partial charge in [-0.2, -0.15) is 0 Å². The molecule has 13 heavy (non-hydrogen) atoms.